The summed E-state index contributed by atoms with van der Waals surface area (Å²) < 4.78 is 6.14. The lowest BCUT2D eigenvalue weighted by atomic mass is 10.1. The first kappa shape index (κ1) is 16.5. The van der Waals surface area contributed by atoms with E-state index in [-0.39, 0.29) is 5.97 Å². The fraction of sp³-hybridized carbons (Fsp3) is 0.158. The number of ether oxygens (including phenoxy) is 1. The Morgan fingerprint density at radius 2 is 2.00 bits per heavy atom. The van der Waals surface area contributed by atoms with Gasteiger partial charge in [0.15, 0.2) is 6.20 Å². The number of pyridine rings is 1. The molecule has 3 aromatic rings. The summed E-state index contributed by atoms with van der Waals surface area (Å²) in [6.07, 6.45) is 1.70. The molecular weight excluding hydrogens is 368 g/mol. The minimum atomic E-state index is -0.341. The Hall–Kier alpha value is -2.40. The van der Waals surface area contributed by atoms with E-state index >= 15 is 0 Å². The van der Waals surface area contributed by atoms with Gasteiger partial charge in [-0.1, -0.05) is 46.3 Å². The lowest BCUT2D eigenvalue weighted by molar-refractivity contribution is -0.344. The molecule has 0 saturated heterocycles. The van der Waals surface area contributed by atoms with E-state index in [1.54, 1.807) is 13.1 Å². The Kier molecular flexibility index (Phi) is 5.11. The number of rotatable bonds is 5. The van der Waals surface area contributed by atoms with Gasteiger partial charge in [0, 0.05) is 17.1 Å². The zero-order chi connectivity index (χ0) is 16.9. The van der Waals surface area contributed by atoms with Crippen molar-refractivity contribution in [2.45, 2.75) is 13.5 Å². The summed E-state index contributed by atoms with van der Waals surface area (Å²) in [6, 6.07) is 16.0. The zero-order valence-corrected chi connectivity index (χ0v) is 14.9. The first-order valence-electron chi connectivity index (χ1n) is 7.78. The van der Waals surface area contributed by atoms with Crippen molar-refractivity contribution in [1.82, 2.24) is 0 Å². The van der Waals surface area contributed by atoms with Crippen LogP contribution in [0.15, 0.2) is 59.2 Å². The highest BCUT2D eigenvalue weighted by Crippen LogP contribution is 2.28. The van der Waals surface area contributed by atoms with E-state index in [0.29, 0.717) is 18.7 Å². The number of hydrogen-bond acceptors (Lipinski definition) is 3. The van der Waals surface area contributed by atoms with Crippen molar-refractivity contribution in [3.05, 3.63) is 70.3 Å². The third kappa shape index (κ3) is 3.57. The lowest BCUT2D eigenvalue weighted by Crippen LogP contribution is -2.16. The zero-order valence-electron chi connectivity index (χ0n) is 13.3. The molecule has 1 heterocycles. The average molecular weight is 386 g/mol. The summed E-state index contributed by atoms with van der Waals surface area (Å²) in [5.74, 6) is -0.341. The molecule has 0 fully saturated rings. The van der Waals surface area contributed by atoms with Gasteiger partial charge in [-0.15, -0.1) is 0 Å². The van der Waals surface area contributed by atoms with Crippen molar-refractivity contribution in [3.63, 3.8) is 0 Å². The fourth-order valence-electron chi connectivity index (χ4n) is 2.56. The van der Waals surface area contributed by atoms with E-state index in [9.17, 15) is 4.79 Å². The minimum Gasteiger partial charge on any atom is -0.462 e. The molecule has 3 rings (SSSR count). The number of anilines is 1. The van der Waals surface area contributed by atoms with E-state index in [1.165, 1.54) is 0 Å². The van der Waals surface area contributed by atoms with Gasteiger partial charge < -0.3 is 10.1 Å². The normalized spacial score (nSPS) is 10.6. The number of esters is 1. The molecule has 2 aromatic carbocycles. The second kappa shape index (κ2) is 7.45. The van der Waals surface area contributed by atoms with Gasteiger partial charge in [-0.3, -0.25) is 0 Å². The Labute approximate surface area is 149 Å². The summed E-state index contributed by atoms with van der Waals surface area (Å²) in [7, 11) is 0. The molecule has 4 nitrogen and oxygen atoms in total. The molecule has 0 atom stereocenters. The van der Waals surface area contributed by atoms with Crippen LogP contribution < -0.4 is 10.3 Å². The number of carbonyl (C=O) groups is 1. The van der Waals surface area contributed by atoms with Gasteiger partial charge >= 0.3 is 5.97 Å². The van der Waals surface area contributed by atoms with Crippen LogP contribution >= 0.6 is 15.9 Å². The number of aromatic nitrogens is 1. The highest BCUT2D eigenvalue weighted by molar-refractivity contribution is 9.10. The minimum absolute atomic E-state index is 0.341. The molecule has 24 heavy (non-hydrogen) atoms. The molecule has 1 aromatic heterocycles. The van der Waals surface area contributed by atoms with Gasteiger partial charge in [0.05, 0.1) is 17.7 Å². The quantitative estimate of drug-likeness (QED) is 0.669. The molecule has 0 saturated carbocycles. The molecule has 0 amide bonds. The second-order valence-electron chi connectivity index (χ2n) is 5.33. The maximum Gasteiger partial charge on any atom is 0.346 e. The summed E-state index contributed by atoms with van der Waals surface area (Å²) in [4.78, 5) is 15.5. The number of carbonyl (C=O) groups excluding carboxylic acids is 1. The molecule has 0 unspecified atom stereocenters. The topological polar surface area (TPSA) is 52.5 Å². The highest BCUT2D eigenvalue weighted by atomic mass is 79.9. The van der Waals surface area contributed by atoms with Gasteiger partial charge in [-0.05, 0) is 24.6 Å². The number of fused-ring (bicyclic) bond motifs is 1. The first-order chi connectivity index (χ1) is 11.7. The summed E-state index contributed by atoms with van der Waals surface area (Å²) in [6.45, 7) is 2.77. The third-order valence-electron chi connectivity index (χ3n) is 3.70. The predicted molar refractivity (Wildman–Crippen MR) is 97.9 cm³/mol. The molecule has 0 radical (unpaired) electrons. The Morgan fingerprint density at radius 1 is 1.21 bits per heavy atom. The standard InChI is InChI=1S/C19H17BrN2O2/c1-2-24-19(23)16-12-21-17-9-8-14(20)10-15(17)18(16)22-11-13-6-4-3-5-7-13/h3-10,12H,2,11H2,1H3,(H,21,22)/p+1. The van der Waals surface area contributed by atoms with Gasteiger partial charge in [0.1, 0.15) is 5.56 Å². The van der Waals surface area contributed by atoms with Crippen molar-refractivity contribution >= 4 is 38.5 Å². The molecule has 0 aliphatic carbocycles. The van der Waals surface area contributed by atoms with E-state index < -0.39 is 0 Å². The first-order valence-corrected chi connectivity index (χ1v) is 8.57. The van der Waals surface area contributed by atoms with Crippen LogP contribution in [0, 0.1) is 0 Å². The highest BCUT2D eigenvalue weighted by Gasteiger charge is 2.20. The molecule has 122 valence electrons. The Balaban J connectivity index is 2.04. The third-order valence-corrected chi connectivity index (χ3v) is 4.19. The van der Waals surface area contributed by atoms with Gasteiger partial charge in [-0.2, -0.15) is 0 Å². The number of nitrogens with one attached hydrogen (secondary N) is 2. The van der Waals surface area contributed by atoms with Crippen LogP contribution in [0.2, 0.25) is 0 Å². The van der Waals surface area contributed by atoms with Crippen LogP contribution in [-0.4, -0.2) is 12.6 Å². The molecule has 0 aliphatic heterocycles. The average Bonchev–Trinajstić information content (AvgIpc) is 2.60. The van der Waals surface area contributed by atoms with E-state index in [4.69, 9.17) is 4.74 Å². The van der Waals surface area contributed by atoms with Gasteiger partial charge in [-0.25, -0.2) is 9.78 Å². The molecule has 0 spiro atoms. The SMILES string of the molecule is CCOC(=O)c1c[nH+]c2ccc(Br)cc2c1NCc1ccccc1. The van der Waals surface area contributed by atoms with Crippen LogP contribution in [0.3, 0.4) is 0 Å². The van der Waals surface area contributed by atoms with Gasteiger partial charge in [0.25, 0.3) is 0 Å². The van der Waals surface area contributed by atoms with Crippen molar-refractivity contribution in [2.24, 2.45) is 0 Å². The number of H-pyrrole nitrogens is 1. The largest absolute Gasteiger partial charge is 0.462 e. The number of aromatic amines is 1. The molecular formula is C19H18BrN2O2+. The summed E-state index contributed by atoms with van der Waals surface area (Å²) in [5.41, 5.74) is 3.36. The fourth-order valence-corrected chi connectivity index (χ4v) is 2.92. The number of benzene rings is 2. The predicted octanol–water partition coefficient (Wildman–Crippen LogP) is 4.21. The second-order valence-corrected chi connectivity index (χ2v) is 6.24. The maximum absolute atomic E-state index is 12.3. The number of halogens is 1. The maximum atomic E-state index is 12.3. The van der Waals surface area contributed by atoms with Gasteiger partial charge in [0.2, 0.25) is 5.52 Å². The van der Waals surface area contributed by atoms with Crippen molar-refractivity contribution < 1.29 is 14.5 Å². The molecule has 2 N–H and O–H groups in total. The van der Waals surface area contributed by atoms with Crippen LogP contribution in [0.1, 0.15) is 22.8 Å². The Morgan fingerprint density at radius 3 is 2.75 bits per heavy atom. The van der Waals surface area contributed by atoms with E-state index in [2.05, 4.69) is 26.2 Å². The molecule has 0 aliphatic rings. The van der Waals surface area contributed by atoms with Crippen molar-refractivity contribution in [1.29, 1.82) is 0 Å². The van der Waals surface area contributed by atoms with E-state index in [1.807, 2.05) is 48.5 Å². The van der Waals surface area contributed by atoms with Crippen LogP contribution in [0.25, 0.3) is 10.9 Å². The van der Waals surface area contributed by atoms with Crippen molar-refractivity contribution in [2.75, 3.05) is 11.9 Å². The smallest absolute Gasteiger partial charge is 0.346 e. The van der Waals surface area contributed by atoms with Crippen molar-refractivity contribution in [3.8, 4) is 0 Å². The summed E-state index contributed by atoms with van der Waals surface area (Å²) >= 11 is 3.50. The van der Waals surface area contributed by atoms with E-state index in [0.717, 1.165) is 26.6 Å². The van der Waals surface area contributed by atoms with Crippen LogP contribution in [0.5, 0.6) is 0 Å². The van der Waals surface area contributed by atoms with Crippen LogP contribution in [-0.2, 0) is 11.3 Å². The number of hydrogen-bond donors (Lipinski definition) is 1. The van der Waals surface area contributed by atoms with Crippen LogP contribution in [0.4, 0.5) is 5.69 Å². The molecule has 0 bridgehead atoms. The molecule has 5 heteroatoms. The monoisotopic (exact) mass is 385 g/mol. The Bertz CT molecular complexity index is 866. The lowest BCUT2D eigenvalue weighted by Gasteiger charge is -2.12. The summed E-state index contributed by atoms with van der Waals surface area (Å²) in [5, 5.41) is 4.33.